The van der Waals surface area contributed by atoms with E-state index in [2.05, 4.69) is 31.0 Å². The molecule has 0 fully saturated rings. The van der Waals surface area contributed by atoms with Gasteiger partial charge in [-0.25, -0.2) is 0 Å². The second-order valence-electron chi connectivity index (χ2n) is 4.49. The van der Waals surface area contributed by atoms with Crippen molar-refractivity contribution in [2.45, 2.75) is 32.8 Å². The average Bonchev–Trinajstić information content (AvgIpc) is 2.46. The van der Waals surface area contributed by atoms with Crippen molar-refractivity contribution in [1.29, 1.82) is 0 Å². The van der Waals surface area contributed by atoms with Gasteiger partial charge in [0.15, 0.2) is 0 Å². The van der Waals surface area contributed by atoms with Gasteiger partial charge < -0.3 is 4.74 Å². The van der Waals surface area contributed by atoms with E-state index in [1.807, 2.05) is 30.3 Å². The van der Waals surface area contributed by atoms with Crippen LogP contribution in [0.25, 0.3) is 0 Å². The molecule has 1 heterocycles. The molecule has 0 saturated carbocycles. The van der Waals surface area contributed by atoms with Crippen molar-refractivity contribution >= 4 is 0 Å². The molecule has 0 aliphatic rings. The van der Waals surface area contributed by atoms with Crippen molar-refractivity contribution in [2.24, 2.45) is 0 Å². The number of nitrogens with zero attached hydrogens (tertiary/aromatic N) is 1. The fourth-order valence-corrected chi connectivity index (χ4v) is 1.77. The van der Waals surface area contributed by atoms with E-state index in [9.17, 15) is 0 Å². The molecule has 2 rings (SSSR count). The molecule has 1 unspecified atom stereocenters. The summed E-state index contributed by atoms with van der Waals surface area (Å²) in [5, 5.41) is 0. The van der Waals surface area contributed by atoms with Gasteiger partial charge in [0.1, 0.15) is 12.4 Å². The van der Waals surface area contributed by atoms with Gasteiger partial charge in [0, 0.05) is 6.20 Å². The highest BCUT2D eigenvalue weighted by Crippen LogP contribution is 2.21. The number of hydrogen-bond donors (Lipinski definition) is 0. The number of aromatic nitrogens is 1. The maximum atomic E-state index is 5.70. The van der Waals surface area contributed by atoms with E-state index in [0.717, 1.165) is 17.9 Å². The van der Waals surface area contributed by atoms with E-state index in [4.69, 9.17) is 4.74 Å². The Labute approximate surface area is 109 Å². The lowest BCUT2D eigenvalue weighted by atomic mass is 9.99. The Morgan fingerprint density at radius 3 is 2.50 bits per heavy atom. The molecule has 1 aromatic carbocycles. The van der Waals surface area contributed by atoms with Crippen LogP contribution in [0.1, 0.15) is 37.4 Å². The minimum absolute atomic E-state index is 0.517. The van der Waals surface area contributed by atoms with Gasteiger partial charge in [0.05, 0.1) is 5.69 Å². The molecule has 0 radical (unpaired) electrons. The van der Waals surface area contributed by atoms with Crippen molar-refractivity contribution in [3.8, 4) is 5.75 Å². The number of ether oxygens (including phenoxy) is 1. The van der Waals surface area contributed by atoms with Crippen molar-refractivity contribution in [1.82, 2.24) is 4.98 Å². The summed E-state index contributed by atoms with van der Waals surface area (Å²) in [6, 6.07) is 14.2. The van der Waals surface area contributed by atoms with Gasteiger partial charge in [-0.1, -0.05) is 32.0 Å². The summed E-state index contributed by atoms with van der Waals surface area (Å²) in [5.41, 5.74) is 2.31. The van der Waals surface area contributed by atoms with Gasteiger partial charge in [0.2, 0.25) is 0 Å². The maximum absolute atomic E-state index is 5.70. The average molecular weight is 241 g/mol. The highest BCUT2D eigenvalue weighted by molar-refractivity contribution is 5.29. The summed E-state index contributed by atoms with van der Waals surface area (Å²) in [6.45, 7) is 4.96. The Kier molecular flexibility index (Phi) is 4.35. The smallest absolute Gasteiger partial charge is 0.130 e. The molecule has 0 aliphatic heterocycles. The van der Waals surface area contributed by atoms with Crippen LogP contribution in [0.5, 0.6) is 5.75 Å². The van der Waals surface area contributed by atoms with Gasteiger partial charge in [0.25, 0.3) is 0 Å². The Bertz CT molecular complexity index is 464. The first-order chi connectivity index (χ1) is 8.79. The predicted molar refractivity (Wildman–Crippen MR) is 73.7 cm³/mol. The van der Waals surface area contributed by atoms with Gasteiger partial charge in [-0.15, -0.1) is 0 Å². The maximum Gasteiger partial charge on any atom is 0.130 e. The third-order valence-electron chi connectivity index (χ3n) is 3.17. The molecule has 0 saturated heterocycles. The van der Waals surface area contributed by atoms with E-state index >= 15 is 0 Å². The van der Waals surface area contributed by atoms with Crippen LogP contribution in [0, 0.1) is 0 Å². The zero-order chi connectivity index (χ0) is 12.8. The molecule has 1 aromatic heterocycles. The van der Waals surface area contributed by atoms with E-state index < -0.39 is 0 Å². The SMILES string of the molecule is CCC(C)c1ccc(OCc2ccccn2)cc1. The summed E-state index contributed by atoms with van der Waals surface area (Å²) in [6.07, 6.45) is 2.94. The third kappa shape index (κ3) is 3.33. The second-order valence-corrected chi connectivity index (χ2v) is 4.49. The molecule has 0 bridgehead atoms. The largest absolute Gasteiger partial charge is 0.487 e. The lowest BCUT2D eigenvalue weighted by Gasteiger charge is -2.10. The molecule has 0 aliphatic carbocycles. The summed E-state index contributed by atoms with van der Waals surface area (Å²) >= 11 is 0. The Morgan fingerprint density at radius 1 is 1.11 bits per heavy atom. The minimum atomic E-state index is 0.517. The van der Waals surface area contributed by atoms with Gasteiger partial charge in [-0.05, 0) is 42.2 Å². The molecule has 2 nitrogen and oxygen atoms in total. The van der Waals surface area contributed by atoms with Crippen molar-refractivity contribution in [3.05, 3.63) is 59.9 Å². The Balaban J connectivity index is 1.94. The first-order valence-electron chi connectivity index (χ1n) is 6.42. The standard InChI is InChI=1S/C16H19NO/c1-3-13(2)14-7-9-16(10-8-14)18-12-15-6-4-5-11-17-15/h4-11,13H,3,12H2,1-2H3. The molecule has 2 heteroatoms. The molecule has 94 valence electrons. The first-order valence-corrected chi connectivity index (χ1v) is 6.42. The number of benzene rings is 1. The third-order valence-corrected chi connectivity index (χ3v) is 3.17. The highest BCUT2D eigenvalue weighted by atomic mass is 16.5. The van der Waals surface area contributed by atoms with E-state index in [1.165, 1.54) is 5.56 Å². The van der Waals surface area contributed by atoms with Crippen LogP contribution in [0.3, 0.4) is 0 Å². The van der Waals surface area contributed by atoms with E-state index in [-0.39, 0.29) is 0 Å². The first kappa shape index (κ1) is 12.6. The van der Waals surface area contributed by atoms with Crippen LogP contribution in [-0.2, 0) is 6.61 Å². The molecule has 18 heavy (non-hydrogen) atoms. The van der Waals surface area contributed by atoms with Crippen LogP contribution in [0.2, 0.25) is 0 Å². The minimum Gasteiger partial charge on any atom is -0.487 e. The van der Waals surface area contributed by atoms with Crippen LogP contribution >= 0.6 is 0 Å². The molecule has 1 atom stereocenters. The molecule has 0 N–H and O–H groups in total. The lowest BCUT2D eigenvalue weighted by molar-refractivity contribution is 0.301. The summed E-state index contributed by atoms with van der Waals surface area (Å²) in [4.78, 5) is 4.23. The Hall–Kier alpha value is -1.83. The van der Waals surface area contributed by atoms with Crippen molar-refractivity contribution in [3.63, 3.8) is 0 Å². The van der Waals surface area contributed by atoms with Crippen LogP contribution in [0.4, 0.5) is 0 Å². The van der Waals surface area contributed by atoms with Crippen molar-refractivity contribution in [2.75, 3.05) is 0 Å². The normalized spacial score (nSPS) is 12.1. The van der Waals surface area contributed by atoms with E-state index in [0.29, 0.717) is 12.5 Å². The molecular weight excluding hydrogens is 222 g/mol. The molecule has 2 aromatic rings. The summed E-state index contributed by atoms with van der Waals surface area (Å²) < 4.78 is 5.70. The molecular formula is C16H19NO. The topological polar surface area (TPSA) is 22.1 Å². The lowest BCUT2D eigenvalue weighted by Crippen LogP contribution is -1.98. The Morgan fingerprint density at radius 2 is 1.89 bits per heavy atom. The number of hydrogen-bond acceptors (Lipinski definition) is 2. The monoisotopic (exact) mass is 241 g/mol. The van der Waals surface area contributed by atoms with Gasteiger partial charge in [-0.2, -0.15) is 0 Å². The fourth-order valence-electron chi connectivity index (χ4n) is 1.77. The highest BCUT2D eigenvalue weighted by Gasteiger charge is 2.03. The number of rotatable bonds is 5. The second kappa shape index (κ2) is 6.20. The fraction of sp³-hybridized carbons (Fsp3) is 0.312. The van der Waals surface area contributed by atoms with Crippen LogP contribution < -0.4 is 4.74 Å². The van der Waals surface area contributed by atoms with Crippen molar-refractivity contribution < 1.29 is 4.74 Å². The summed E-state index contributed by atoms with van der Waals surface area (Å²) in [7, 11) is 0. The van der Waals surface area contributed by atoms with E-state index in [1.54, 1.807) is 6.20 Å². The van der Waals surface area contributed by atoms with Crippen LogP contribution in [0.15, 0.2) is 48.7 Å². The quantitative estimate of drug-likeness (QED) is 0.783. The summed E-state index contributed by atoms with van der Waals surface area (Å²) in [5.74, 6) is 1.50. The molecule has 0 spiro atoms. The zero-order valence-electron chi connectivity index (χ0n) is 11.0. The molecule has 0 amide bonds. The van der Waals surface area contributed by atoms with Gasteiger partial charge >= 0.3 is 0 Å². The zero-order valence-corrected chi connectivity index (χ0v) is 11.0. The van der Waals surface area contributed by atoms with Gasteiger partial charge in [-0.3, -0.25) is 4.98 Å². The number of pyridine rings is 1. The predicted octanol–water partition coefficient (Wildman–Crippen LogP) is 4.17. The van der Waals surface area contributed by atoms with Crippen LogP contribution in [-0.4, -0.2) is 4.98 Å².